The third-order valence-corrected chi connectivity index (χ3v) is 3.68. The number of halogens is 1. The van der Waals surface area contributed by atoms with E-state index in [1.165, 1.54) is 0 Å². The van der Waals surface area contributed by atoms with Gasteiger partial charge in [-0.2, -0.15) is 0 Å². The molecule has 1 atom stereocenters. The van der Waals surface area contributed by atoms with Gasteiger partial charge in [0.2, 0.25) is 0 Å². The number of ether oxygens (including phenoxy) is 1. The molecule has 0 aliphatic carbocycles. The first kappa shape index (κ1) is 19.0. The predicted molar refractivity (Wildman–Crippen MR) is 92.1 cm³/mol. The summed E-state index contributed by atoms with van der Waals surface area (Å²) in [5, 5.41) is 12.9. The molecule has 0 fully saturated rings. The Bertz CT molecular complexity index is 810. The van der Waals surface area contributed by atoms with Crippen LogP contribution in [0.5, 0.6) is 0 Å². The molecule has 0 unspecified atom stereocenters. The summed E-state index contributed by atoms with van der Waals surface area (Å²) in [7, 11) is 0. The van der Waals surface area contributed by atoms with Gasteiger partial charge in [0.25, 0.3) is 11.6 Å². The highest BCUT2D eigenvalue weighted by atomic mass is 19.1. The quantitative estimate of drug-likeness (QED) is 0.463. The van der Waals surface area contributed by atoms with E-state index in [1.807, 2.05) is 13.0 Å². The van der Waals surface area contributed by atoms with Crippen LogP contribution in [0.3, 0.4) is 0 Å². The van der Waals surface area contributed by atoms with Crippen LogP contribution < -0.4 is 5.32 Å². The molecule has 8 heteroatoms. The Morgan fingerprint density at radius 1 is 1.23 bits per heavy atom. The van der Waals surface area contributed by atoms with Crippen molar-refractivity contribution in [2.24, 2.45) is 0 Å². The zero-order valence-corrected chi connectivity index (χ0v) is 14.0. The number of esters is 1. The number of anilines is 1. The second kappa shape index (κ2) is 8.70. The van der Waals surface area contributed by atoms with Crippen molar-refractivity contribution in [1.82, 2.24) is 0 Å². The van der Waals surface area contributed by atoms with Gasteiger partial charge in [-0.3, -0.25) is 19.7 Å². The molecule has 0 saturated carbocycles. The molecule has 0 heterocycles. The SMILES string of the molecule is CC[C@H](C(=O)OCC(=O)Nc1cc([N+](=O)[O-])ccc1F)c1ccccc1. The number of nitrogens with zero attached hydrogens (tertiary/aromatic N) is 1. The van der Waals surface area contributed by atoms with Crippen LogP contribution in [-0.4, -0.2) is 23.4 Å². The van der Waals surface area contributed by atoms with E-state index in [9.17, 15) is 24.1 Å². The van der Waals surface area contributed by atoms with Gasteiger partial charge in [-0.25, -0.2) is 4.39 Å². The van der Waals surface area contributed by atoms with Crippen molar-refractivity contribution in [1.29, 1.82) is 0 Å². The van der Waals surface area contributed by atoms with Crippen LogP contribution in [-0.2, 0) is 14.3 Å². The number of amides is 1. The highest BCUT2D eigenvalue weighted by Gasteiger charge is 2.21. The molecule has 0 bridgehead atoms. The average Bonchev–Trinajstić information content (AvgIpc) is 2.63. The molecule has 2 rings (SSSR count). The molecule has 0 spiro atoms. The molecule has 0 saturated heterocycles. The van der Waals surface area contributed by atoms with Gasteiger partial charge in [-0.1, -0.05) is 37.3 Å². The van der Waals surface area contributed by atoms with Gasteiger partial charge >= 0.3 is 5.97 Å². The van der Waals surface area contributed by atoms with E-state index < -0.39 is 35.1 Å². The summed E-state index contributed by atoms with van der Waals surface area (Å²) >= 11 is 0. The second-order valence-electron chi connectivity index (χ2n) is 5.45. The van der Waals surface area contributed by atoms with E-state index >= 15 is 0 Å². The van der Waals surface area contributed by atoms with Crippen LogP contribution in [0.2, 0.25) is 0 Å². The highest BCUT2D eigenvalue weighted by molar-refractivity contribution is 5.93. The van der Waals surface area contributed by atoms with E-state index in [4.69, 9.17) is 4.74 Å². The zero-order chi connectivity index (χ0) is 19.1. The first-order valence-corrected chi connectivity index (χ1v) is 7.87. The molecule has 136 valence electrons. The van der Waals surface area contributed by atoms with Gasteiger partial charge in [-0.05, 0) is 18.1 Å². The fourth-order valence-electron chi connectivity index (χ4n) is 2.37. The first-order valence-electron chi connectivity index (χ1n) is 7.87. The van der Waals surface area contributed by atoms with Gasteiger partial charge in [0.15, 0.2) is 6.61 Å². The first-order chi connectivity index (χ1) is 12.4. The number of carbonyl (C=O) groups excluding carboxylic acids is 2. The maximum Gasteiger partial charge on any atom is 0.313 e. The Morgan fingerprint density at radius 2 is 1.92 bits per heavy atom. The topological polar surface area (TPSA) is 98.5 Å². The molecule has 2 aromatic rings. The van der Waals surface area contributed by atoms with Crippen LogP contribution >= 0.6 is 0 Å². The molecule has 0 radical (unpaired) electrons. The Balaban J connectivity index is 1.97. The molecule has 26 heavy (non-hydrogen) atoms. The second-order valence-corrected chi connectivity index (χ2v) is 5.45. The number of carbonyl (C=O) groups is 2. The Morgan fingerprint density at radius 3 is 2.54 bits per heavy atom. The van der Waals surface area contributed by atoms with Crippen LogP contribution in [0.1, 0.15) is 24.8 Å². The molecule has 0 aromatic heterocycles. The number of hydrogen-bond acceptors (Lipinski definition) is 5. The third-order valence-electron chi connectivity index (χ3n) is 3.68. The van der Waals surface area contributed by atoms with Crippen molar-refractivity contribution in [3.63, 3.8) is 0 Å². The van der Waals surface area contributed by atoms with Gasteiger partial charge < -0.3 is 10.1 Å². The summed E-state index contributed by atoms with van der Waals surface area (Å²) in [5.74, 6) is -2.71. The molecular formula is C18H17FN2O5. The number of hydrogen-bond donors (Lipinski definition) is 1. The molecule has 0 aliphatic heterocycles. The monoisotopic (exact) mass is 360 g/mol. The van der Waals surface area contributed by atoms with Crippen LogP contribution in [0.15, 0.2) is 48.5 Å². The van der Waals surface area contributed by atoms with Crippen molar-refractivity contribution < 1.29 is 23.6 Å². The summed E-state index contributed by atoms with van der Waals surface area (Å²) in [6.45, 7) is 1.20. The Hall–Kier alpha value is -3.29. The standard InChI is InChI=1S/C18H17FN2O5/c1-2-14(12-6-4-3-5-7-12)18(23)26-11-17(22)20-16-10-13(21(24)25)8-9-15(16)19/h3-10,14H,2,11H2,1H3,(H,20,22)/t14-/m0/s1. The van der Waals surface area contributed by atoms with Crippen molar-refractivity contribution in [3.05, 3.63) is 70.0 Å². The minimum absolute atomic E-state index is 0.352. The van der Waals surface area contributed by atoms with Crippen molar-refractivity contribution in [2.45, 2.75) is 19.3 Å². The van der Waals surface area contributed by atoms with Crippen molar-refractivity contribution in [3.8, 4) is 0 Å². The lowest BCUT2D eigenvalue weighted by Gasteiger charge is -2.14. The van der Waals surface area contributed by atoms with Gasteiger partial charge in [0.05, 0.1) is 16.5 Å². The summed E-state index contributed by atoms with van der Waals surface area (Å²) in [4.78, 5) is 34.1. The van der Waals surface area contributed by atoms with Gasteiger partial charge in [0, 0.05) is 12.1 Å². The van der Waals surface area contributed by atoms with E-state index in [2.05, 4.69) is 5.32 Å². The number of rotatable bonds is 7. The smallest absolute Gasteiger partial charge is 0.313 e. The lowest BCUT2D eigenvalue weighted by atomic mass is 9.97. The summed E-state index contributed by atoms with van der Waals surface area (Å²) in [6.07, 6.45) is 0.490. The van der Waals surface area contributed by atoms with E-state index in [0.29, 0.717) is 6.42 Å². The highest BCUT2D eigenvalue weighted by Crippen LogP contribution is 2.22. The van der Waals surface area contributed by atoms with Gasteiger partial charge in [0.1, 0.15) is 5.82 Å². The maximum atomic E-state index is 13.7. The van der Waals surface area contributed by atoms with E-state index in [-0.39, 0.29) is 11.4 Å². The Kier molecular flexibility index (Phi) is 6.37. The molecule has 0 aliphatic rings. The fraction of sp³-hybridized carbons (Fsp3) is 0.222. The fourth-order valence-corrected chi connectivity index (χ4v) is 2.37. The molecule has 1 amide bonds. The molecular weight excluding hydrogens is 343 g/mol. The minimum Gasteiger partial charge on any atom is -0.455 e. The zero-order valence-electron chi connectivity index (χ0n) is 14.0. The average molecular weight is 360 g/mol. The van der Waals surface area contributed by atoms with E-state index in [1.54, 1.807) is 24.3 Å². The minimum atomic E-state index is -0.828. The number of nitro benzene ring substituents is 1. The van der Waals surface area contributed by atoms with Crippen molar-refractivity contribution >= 4 is 23.3 Å². The summed E-state index contributed by atoms with van der Waals surface area (Å²) in [6, 6.07) is 11.7. The molecule has 1 N–H and O–H groups in total. The molecule has 7 nitrogen and oxygen atoms in total. The van der Waals surface area contributed by atoms with Crippen LogP contribution in [0, 0.1) is 15.9 Å². The normalized spacial score (nSPS) is 11.5. The number of non-ortho nitro benzene ring substituents is 1. The van der Waals surface area contributed by atoms with E-state index in [0.717, 1.165) is 23.8 Å². The maximum absolute atomic E-state index is 13.7. The lowest BCUT2D eigenvalue weighted by molar-refractivity contribution is -0.384. The number of nitro groups is 1. The number of benzene rings is 2. The van der Waals surface area contributed by atoms with Crippen LogP contribution in [0.4, 0.5) is 15.8 Å². The van der Waals surface area contributed by atoms with Crippen LogP contribution in [0.25, 0.3) is 0 Å². The summed E-state index contributed by atoms with van der Waals surface area (Å²) in [5.41, 5.74) is 0.0503. The third kappa shape index (κ3) is 4.85. The molecule has 2 aromatic carbocycles. The lowest BCUT2D eigenvalue weighted by Crippen LogP contribution is -2.24. The summed E-state index contributed by atoms with van der Waals surface area (Å²) < 4.78 is 18.6. The largest absolute Gasteiger partial charge is 0.455 e. The van der Waals surface area contributed by atoms with Gasteiger partial charge in [-0.15, -0.1) is 0 Å². The van der Waals surface area contributed by atoms with Crippen molar-refractivity contribution in [2.75, 3.05) is 11.9 Å². The number of nitrogens with one attached hydrogen (secondary N) is 1. The Labute approximate surface area is 148 Å². The predicted octanol–water partition coefficient (Wildman–Crippen LogP) is 3.41.